The predicted molar refractivity (Wildman–Crippen MR) is 154 cm³/mol. The molecule has 0 atom stereocenters. The first-order chi connectivity index (χ1) is 24.8. The summed E-state index contributed by atoms with van der Waals surface area (Å²) in [6.45, 7) is 0.176. The van der Waals surface area contributed by atoms with Crippen molar-refractivity contribution in [3.05, 3.63) is 84.3 Å². The van der Waals surface area contributed by atoms with E-state index in [4.69, 9.17) is 4.42 Å². The summed E-state index contributed by atoms with van der Waals surface area (Å²) in [5.41, 5.74) is 0.550. The molecule has 1 aliphatic heterocycles. The van der Waals surface area contributed by atoms with E-state index in [1.165, 1.54) is 0 Å². The van der Waals surface area contributed by atoms with Gasteiger partial charge in [0.15, 0.2) is 11.6 Å². The molecule has 284 valence electrons. The fourth-order valence-corrected chi connectivity index (χ4v) is 4.96. The van der Waals surface area contributed by atoms with Gasteiger partial charge in [0.05, 0.1) is 12.1 Å². The number of aromatic nitrogens is 4. The lowest BCUT2D eigenvalue weighted by Gasteiger charge is -2.41. The van der Waals surface area contributed by atoms with Crippen molar-refractivity contribution in [3.63, 3.8) is 0 Å². The topological polar surface area (TPSA) is 171 Å². The van der Waals surface area contributed by atoms with Crippen LogP contribution in [0.1, 0.15) is 30.2 Å². The summed E-state index contributed by atoms with van der Waals surface area (Å²) in [6, 6.07) is 13.8. The number of pyridine rings is 1. The Bertz CT molecular complexity index is 1860. The summed E-state index contributed by atoms with van der Waals surface area (Å²) >= 11 is 0. The first kappa shape index (κ1) is 38.5. The van der Waals surface area contributed by atoms with Crippen LogP contribution in [0.15, 0.2) is 71.4 Å². The third-order valence-electron chi connectivity index (χ3n) is 7.46. The van der Waals surface area contributed by atoms with Crippen molar-refractivity contribution in [2.24, 2.45) is 0 Å². The van der Waals surface area contributed by atoms with Crippen LogP contribution in [0, 0.1) is 0 Å². The maximum absolute atomic E-state index is 13.1. The van der Waals surface area contributed by atoms with Crippen molar-refractivity contribution in [1.29, 1.82) is 0 Å². The minimum absolute atomic E-state index is 0.220. The van der Waals surface area contributed by atoms with E-state index in [0.29, 0.717) is 36.1 Å². The largest absolute Gasteiger partial charge is 0.494 e. The minimum atomic E-state index is -6.06. The number of carbonyl (C=O) groups excluding carboxylic acids is 3. The number of piperidine rings is 1. The van der Waals surface area contributed by atoms with Crippen LogP contribution >= 0.6 is 0 Å². The summed E-state index contributed by atoms with van der Waals surface area (Å²) in [4.78, 5) is 52.2. The molecular weight excluding hydrogens is 743 g/mol. The molecule has 23 heteroatoms. The Kier molecular flexibility index (Phi) is 10.7. The highest BCUT2D eigenvalue weighted by atomic mass is 19.4. The molecule has 4 heterocycles. The van der Waals surface area contributed by atoms with Crippen LogP contribution in [0.3, 0.4) is 0 Å². The second-order valence-electron chi connectivity index (χ2n) is 11.1. The van der Waals surface area contributed by atoms with Crippen LogP contribution < -0.4 is 5.32 Å². The SMILES string of the molecule is O=C(OOC(OC(=O)C(F)(F)F)(OC(=O)C(F)(F)F)c1ccc(CN2CCC(Nc3ccccc3)(c3nc(-c4ccncc4)n[nH]3)CC2)o1)C(F)(F)F. The van der Waals surface area contributed by atoms with Gasteiger partial charge in [-0.3, -0.25) is 19.9 Å². The lowest BCUT2D eigenvalue weighted by atomic mass is 9.86. The maximum atomic E-state index is 13.1. The van der Waals surface area contributed by atoms with Crippen molar-refractivity contribution >= 4 is 23.6 Å². The highest BCUT2D eigenvalue weighted by Gasteiger charge is 2.59. The molecule has 53 heavy (non-hydrogen) atoms. The number of ether oxygens (including phenoxy) is 2. The molecule has 14 nitrogen and oxygen atoms in total. The highest BCUT2D eigenvalue weighted by molar-refractivity contribution is 5.78. The second kappa shape index (κ2) is 14.7. The number of para-hydroxylation sites is 1. The molecule has 0 bridgehead atoms. The van der Waals surface area contributed by atoms with Crippen LogP contribution in [0.25, 0.3) is 11.4 Å². The van der Waals surface area contributed by atoms with Gasteiger partial charge >= 0.3 is 42.4 Å². The molecule has 0 radical (unpaired) electrons. The number of anilines is 1. The van der Waals surface area contributed by atoms with E-state index in [9.17, 15) is 53.9 Å². The molecule has 5 rings (SSSR count). The van der Waals surface area contributed by atoms with Gasteiger partial charge in [0.2, 0.25) is 5.76 Å². The van der Waals surface area contributed by atoms with Crippen LogP contribution in [-0.2, 0) is 51.7 Å². The number of H-pyrrole nitrogens is 1. The molecule has 0 amide bonds. The standard InChI is InChI=1S/C30H23F9N6O8/c31-27(32,33)23(46)50-30(51-24(47)28(34,35)36,53-52-25(48)29(37,38)39)20-7-6-19(49-20)16-45-14-10-26(11-15-45,42-18-4-2-1-3-5-18)22-41-21(43-44-22)17-8-12-40-13-9-17/h1-9,12-13,42H,10-11,14-16H2,(H,41,43,44). The number of halogens is 9. The molecule has 0 saturated carbocycles. The second-order valence-corrected chi connectivity index (χ2v) is 11.1. The molecule has 1 fully saturated rings. The number of carbonyl (C=O) groups is 3. The number of rotatable bonds is 11. The van der Waals surface area contributed by atoms with E-state index >= 15 is 0 Å². The van der Waals surface area contributed by atoms with Crippen molar-refractivity contribution in [2.75, 3.05) is 18.4 Å². The third-order valence-corrected chi connectivity index (χ3v) is 7.46. The fourth-order valence-electron chi connectivity index (χ4n) is 4.96. The Labute approximate surface area is 290 Å². The van der Waals surface area contributed by atoms with Crippen LogP contribution in [0.2, 0.25) is 0 Å². The van der Waals surface area contributed by atoms with Gasteiger partial charge in [-0.25, -0.2) is 19.4 Å². The van der Waals surface area contributed by atoms with E-state index in [2.05, 4.69) is 44.7 Å². The van der Waals surface area contributed by atoms with Crippen LogP contribution in [-0.4, -0.2) is 74.6 Å². The fraction of sp³-hybridized carbons (Fsp3) is 0.333. The summed E-state index contributed by atoms with van der Waals surface area (Å²) in [7, 11) is 0. The number of aromatic amines is 1. The number of esters is 2. The van der Waals surface area contributed by atoms with Crippen molar-refractivity contribution < 1.29 is 77.6 Å². The van der Waals surface area contributed by atoms with E-state index in [0.717, 1.165) is 11.8 Å². The van der Waals surface area contributed by atoms with Crippen molar-refractivity contribution in [2.45, 2.75) is 49.4 Å². The van der Waals surface area contributed by atoms with Crippen LogP contribution in [0.4, 0.5) is 45.2 Å². The monoisotopic (exact) mass is 766 g/mol. The molecular formula is C30H23F9N6O8. The zero-order chi connectivity index (χ0) is 38.7. The summed E-state index contributed by atoms with van der Waals surface area (Å²) in [6.07, 6.45) is -14.3. The zero-order valence-corrected chi connectivity index (χ0v) is 26.3. The number of alkyl halides is 9. The summed E-state index contributed by atoms with van der Waals surface area (Å²) in [5.74, 6) is -15.9. The Hall–Kier alpha value is -5.71. The van der Waals surface area contributed by atoms with Crippen molar-refractivity contribution in [3.8, 4) is 11.4 Å². The molecule has 1 aliphatic rings. The predicted octanol–water partition coefficient (Wildman–Crippen LogP) is 5.42. The van der Waals surface area contributed by atoms with E-state index < -0.39 is 53.7 Å². The smallest absolute Gasteiger partial charge is 0.453 e. The number of nitrogens with zero attached hydrogens (tertiary/aromatic N) is 4. The van der Waals surface area contributed by atoms with Gasteiger partial charge in [0.1, 0.15) is 5.76 Å². The highest BCUT2D eigenvalue weighted by Crippen LogP contribution is 2.39. The molecule has 0 aliphatic carbocycles. The Balaban J connectivity index is 1.41. The first-order valence-electron chi connectivity index (χ1n) is 14.8. The molecule has 4 aromatic rings. The number of hydrogen-bond acceptors (Lipinski definition) is 13. The quantitative estimate of drug-likeness (QED) is 0.0653. The summed E-state index contributed by atoms with van der Waals surface area (Å²) < 4.78 is 130. The molecule has 3 aromatic heterocycles. The van der Waals surface area contributed by atoms with Crippen molar-refractivity contribution in [1.82, 2.24) is 25.1 Å². The average Bonchev–Trinajstić information content (AvgIpc) is 3.79. The van der Waals surface area contributed by atoms with Gasteiger partial charge in [-0.1, -0.05) is 23.1 Å². The normalized spacial score (nSPS) is 15.4. The molecule has 2 N–H and O–H groups in total. The average molecular weight is 767 g/mol. The molecule has 1 aromatic carbocycles. The number of hydrogen-bond donors (Lipinski definition) is 2. The van der Waals surface area contributed by atoms with Crippen LogP contribution in [0.5, 0.6) is 0 Å². The maximum Gasteiger partial charge on any atom is 0.494 e. The lowest BCUT2D eigenvalue weighted by molar-refractivity contribution is -0.488. The Morgan fingerprint density at radius 1 is 0.811 bits per heavy atom. The van der Waals surface area contributed by atoms with E-state index in [-0.39, 0.29) is 25.4 Å². The van der Waals surface area contributed by atoms with Gasteiger partial charge in [0.25, 0.3) is 0 Å². The third kappa shape index (κ3) is 9.21. The van der Waals surface area contributed by atoms with E-state index in [1.54, 1.807) is 41.6 Å². The number of nitrogens with one attached hydrogen (secondary N) is 2. The van der Waals surface area contributed by atoms with E-state index in [1.807, 2.05) is 18.2 Å². The van der Waals surface area contributed by atoms with Gasteiger partial charge < -0.3 is 19.2 Å². The molecule has 0 unspecified atom stereocenters. The Morgan fingerprint density at radius 3 is 1.96 bits per heavy atom. The first-order valence-corrected chi connectivity index (χ1v) is 14.8. The lowest BCUT2D eigenvalue weighted by Crippen LogP contribution is -2.47. The van der Waals surface area contributed by atoms with Gasteiger partial charge in [0, 0.05) is 36.7 Å². The van der Waals surface area contributed by atoms with Gasteiger partial charge in [-0.05, 0) is 49.2 Å². The number of furan rings is 1. The zero-order valence-electron chi connectivity index (χ0n) is 26.3. The minimum Gasteiger partial charge on any atom is -0.453 e. The molecule has 0 spiro atoms. The number of likely N-dealkylation sites (tertiary alicyclic amines) is 1. The summed E-state index contributed by atoms with van der Waals surface area (Å²) in [5, 5.41) is 10.7. The number of benzene rings is 1. The molecule has 1 saturated heterocycles. The Morgan fingerprint density at radius 2 is 1.40 bits per heavy atom. The van der Waals surface area contributed by atoms with Gasteiger partial charge in [-0.2, -0.15) is 44.6 Å². The van der Waals surface area contributed by atoms with Gasteiger partial charge in [-0.15, -0.1) is 0 Å².